The van der Waals surface area contributed by atoms with Crippen LogP contribution in [0, 0.1) is 0 Å². The van der Waals surface area contributed by atoms with Crippen molar-refractivity contribution in [3.8, 4) is 5.75 Å². The lowest BCUT2D eigenvalue weighted by atomic mass is 10.00. The van der Waals surface area contributed by atoms with Crippen LogP contribution in [0.5, 0.6) is 5.75 Å². The molecular formula is C11H16ClNO2. The van der Waals surface area contributed by atoms with Crippen LogP contribution in [0.1, 0.15) is 24.2 Å². The highest BCUT2D eigenvalue weighted by Crippen LogP contribution is 2.31. The first-order valence-corrected chi connectivity index (χ1v) is 5.26. The molecule has 15 heavy (non-hydrogen) atoms. The topological polar surface area (TPSA) is 55.5 Å². The second kappa shape index (κ2) is 5.35. The first-order valence-electron chi connectivity index (χ1n) is 4.88. The van der Waals surface area contributed by atoms with E-state index in [4.69, 9.17) is 22.1 Å². The van der Waals surface area contributed by atoms with Crippen LogP contribution < -0.4 is 10.5 Å². The standard InChI is InChI=1S/C11H16ClNO2/c1-3-7-4-11(15-2)9(12)5-8(7)10(14)6-13/h4-5,10,14H,3,6,13H2,1-2H3. The Morgan fingerprint density at radius 1 is 1.53 bits per heavy atom. The van der Waals surface area contributed by atoms with E-state index in [1.165, 1.54) is 0 Å². The van der Waals surface area contributed by atoms with Gasteiger partial charge in [0.25, 0.3) is 0 Å². The molecule has 0 saturated heterocycles. The molecule has 1 rings (SSSR count). The summed E-state index contributed by atoms with van der Waals surface area (Å²) in [4.78, 5) is 0. The molecule has 3 N–H and O–H groups in total. The third-order valence-corrected chi connectivity index (χ3v) is 2.67. The lowest BCUT2D eigenvalue weighted by molar-refractivity contribution is 0.185. The zero-order valence-corrected chi connectivity index (χ0v) is 9.71. The van der Waals surface area contributed by atoms with Crippen LogP contribution in [0.25, 0.3) is 0 Å². The van der Waals surface area contributed by atoms with Gasteiger partial charge in [0.1, 0.15) is 5.75 Å². The normalized spacial score (nSPS) is 12.6. The highest BCUT2D eigenvalue weighted by molar-refractivity contribution is 6.32. The fourth-order valence-electron chi connectivity index (χ4n) is 1.51. The molecule has 0 saturated carbocycles. The minimum absolute atomic E-state index is 0.190. The number of nitrogens with two attached hydrogens (primary N) is 1. The third kappa shape index (κ3) is 2.62. The molecule has 1 aromatic rings. The van der Waals surface area contributed by atoms with Gasteiger partial charge in [-0.15, -0.1) is 0 Å². The predicted octanol–water partition coefficient (Wildman–Crippen LogP) is 1.90. The monoisotopic (exact) mass is 229 g/mol. The molecule has 4 heteroatoms. The molecule has 1 unspecified atom stereocenters. The highest BCUT2D eigenvalue weighted by atomic mass is 35.5. The molecule has 0 spiro atoms. The van der Waals surface area contributed by atoms with Crippen LogP contribution in [0.15, 0.2) is 12.1 Å². The molecule has 3 nitrogen and oxygen atoms in total. The van der Waals surface area contributed by atoms with Gasteiger partial charge in [-0.2, -0.15) is 0 Å². The Morgan fingerprint density at radius 3 is 2.67 bits per heavy atom. The Balaban J connectivity index is 3.21. The Bertz CT molecular complexity index is 342. The summed E-state index contributed by atoms with van der Waals surface area (Å²) in [5, 5.41) is 10.2. The maximum Gasteiger partial charge on any atom is 0.137 e. The van der Waals surface area contributed by atoms with Gasteiger partial charge in [0.05, 0.1) is 18.2 Å². The highest BCUT2D eigenvalue weighted by Gasteiger charge is 2.13. The van der Waals surface area contributed by atoms with Crippen molar-refractivity contribution in [2.45, 2.75) is 19.4 Å². The van der Waals surface area contributed by atoms with Gasteiger partial charge in [0.2, 0.25) is 0 Å². The van der Waals surface area contributed by atoms with Crippen LogP contribution in [0.3, 0.4) is 0 Å². The number of aliphatic hydroxyl groups is 1. The third-order valence-electron chi connectivity index (χ3n) is 2.38. The predicted molar refractivity (Wildman–Crippen MR) is 61.4 cm³/mol. The number of methoxy groups -OCH3 is 1. The van der Waals surface area contributed by atoms with Gasteiger partial charge in [-0.25, -0.2) is 0 Å². The first-order chi connectivity index (χ1) is 7.13. The van der Waals surface area contributed by atoms with Crippen molar-refractivity contribution in [1.29, 1.82) is 0 Å². The number of rotatable bonds is 4. The Labute approximate surface area is 94.8 Å². The molecular weight excluding hydrogens is 214 g/mol. The lowest BCUT2D eigenvalue weighted by Gasteiger charge is -2.15. The van der Waals surface area contributed by atoms with Crippen LogP contribution in [0.2, 0.25) is 5.02 Å². The van der Waals surface area contributed by atoms with E-state index in [1.54, 1.807) is 13.2 Å². The van der Waals surface area contributed by atoms with E-state index in [0.29, 0.717) is 10.8 Å². The summed E-state index contributed by atoms with van der Waals surface area (Å²) in [6, 6.07) is 3.56. The van der Waals surface area contributed by atoms with E-state index in [0.717, 1.165) is 17.5 Å². The second-order valence-corrected chi connectivity index (χ2v) is 3.70. The van der Waals surface area contributed by atoms with Gasteiger partial charge >= 0.3 is 0 Å². The number of aliphatic hydroxyl groups excluding tert-OH is 1. The molecule has 0 bridgehead atoms. The summed E-state index contributed by atoms with van der Waals surface area (Å²) < 4.78 is 5.11. The molecule has 1 atom stereocenters. The van der Waals surface area contributed by atoms with E-state index in [1.807, 2.05) is 13.0 Å². The molecule has 0 fully saturated rings. The number of aryl methyl sites for hydroxylation is 1. The van der Waals surface area contributed by atoms with Gasteiger partial charge in [-0.05, 0) is 29.7 Å². The number of halogens is 1. The number of hydrogen-bond donors (Lipinski definition) is 2. The maximum atomic E-state index is 9.70. The van der Waals surface area contributed by atoms with Crippen LogP contribution in [-0.4, -0.2) is 18.8 Å². The van der Waals surface area contributed by atoms with E-state index in [2.05, 4.69) is 0 Å². The molecule has 84 valence electrons. The van der Waals surface area contributed by atoms with Gasteiger partial charge in [0.15, 0.2) is 0 Å². The minimum Gasteiger partial charge on any atom is -0.495 e. The molecule has 0 aromatic heterocycles. The van der Waals surface area contributed by atoms with Crippen LogP contribution >= 0.6 is 11.6 Å². The van der Waals surface area contributed by atoms with Gasteiger partial charge in [-0.3, -0.25) is 0 Å². The SMILES string of the molecule is CCc1cc(OC)c(Cl)cc1C(O)CN. The van der Waals surface area contributed by atoms with E-state index < -0.39 is 6.10 Å². The average molecular weight is 230 g/mol. The number of hydrogen-bond acceptors (Lipinski definition) is 3. The molecule has 1 aromatic carbocycles. The summed E-state index contributed by atoms with van der Waals surface area (Å²) in [6.45, 7) is 2.20. The van der Waals surface area contributed by atoms with Crippen molar-refractivity contribution in [2.75, 3.05) is 13.7 Å². The van der Waals surface area contributed by atoms with E-state index >= 15 is 0 Å². The molecule has 0 heterocycles. The summed E-state index contributed by atoms with van der Waals surface area (Å²) in [5.74, 6) is 0.626. The van der Waals surface area contributed by atoms with Crippen molar-refractivity contribution >= 4 is 11.6 Å². The average Bonchev–Trinajstić information content (AvgIpc) is 2.27. The summed E-state index contributed by atoms with van der Waals surface area (Å²) >= 11 is 5.98. The molecule has 0 amide bonds. The van der Waals surface area contributed by atoms with E-state index in [-0.39, 0.29) is 6.54 Å². The van der Waals surface area contributed by atoms with E-state index in [9.17, 15) is 5.11 Å². The molecule has 0 aliphatic rings. The van der Waals surface area contributed by atoms with Crippen molar-refractivity contribution in [2.24, 2.45) is 5.73 Å². The fourth-order valence-corrected chi connectivity index (χ4v) is 1.76. The molecule has 0 radical (unpaired) electrons. The molecule has 0 aliphatic heterocycles. The smallest absolute Gasteiger partial charge is 0.137 e. The minimum atomic E-state index is -0.664. The van der Waals surface area contributed by atoms with Gasteiger partial charge in [-0.1, -0.05) is 18.5 Å². The van der Waals surface area contributed by atoms with Crippen LogP contribution in [0.4, 0.5) is 0 Å². The van der Waals surface area contributed by atoms with Gasteiger partial charge < -0.3 is 15.6 Å². The Kier molecular flexibility index (Phi) is 4.39. The van der Waals surface area contributed by atoms with Crippen molar-refractivity contribution in [3.63, 3.8) is 0 Å². The summed E-state index contributed by atoms with van der Waals surface area (Å²) in [7, 11) is 1.57. The van der Waals surface area contributed by atoms with Crippen molar-refractivity contribution in [3.05, 3.63) is 28.3 Å². The fraction of sp³-hybridized carbons (Fsp3) is 0.455. The summed E-state index contributed by atoms with van der Waals surface area (Å²) in [5.41, 5.74) is 7.22. The molecule has 0 aliphatic carbocycles. The largest absolute Gasteiger partial charge is 0.495 e. The van der Waals surface area contributed by atoms with Crippen molar-refractivity contribution in [1.82, 2.24) is 0 Å². The Morgan fingerprint density at radius 2 is 2.20 bits per heavy atom. The lowest BCUT2D eigenvalue weighted by Crippen LogP contribution is -2.13. The maximum absolute atomic E-state index is 9.70. The van der Waals surface area contributed by atoms with Crippen LogP contribution in [-0.2, 0) is 6.42 Å². The number of benzene rings is 1. The van der Waals surface area contributed by atoms with Gasteiger partial charge in [0, 0.05) is 6.54 Å². The quantitative estimate of drug-likeness (QED) is 0.829. The first kappa shape index (κ1) is 12.3. The van der Waals surface area contributed by atoms with Crippen molar-refractivity contribution < 1.29 is 9.84 Å². The summed E-state index contributed by atoms with van der Waals surface area (Å²) in [6.07, 6.45) is 0.142. The second-order valence-electron chi connectivity index (χ2n) is 3.29. The number of ether oxygens (including phenoxy) is 1. The zero-order chi connectivity index (χ0) is 11.4. The zero-order valence-electron chi connectivity index (χ0n) is 8.96. The Hall–Kier alpha value is -0.770.